The van der Waals surface area contributed by atoms with Crippen LogP contribution in [0.3, 0.4) is 0 Å². The van der Waals surface area contributed by atoms with Gasteiger partial charge in [0.05, 0.1) is 0 Å². The summed E-state index contributed by atoms with van der Waals surface area (Å²) in [5.41, 5.74) is 2.17. The number of piperazine rings is 1. The Balaban J connectivity index is 1.55. The summed E-state index contributed by atoms with van der Waals surface area (Å²) in [7, 11) is 0. The van der Waals surface area contributed by atoms with Crippen molar-refractivity contribution in [3.63, 3.8) is 0 Å². The number of para-hydroxylation sites is 1. The van der Waals surface area contributed by atoms with Gasteiger partial charge in [0.2, 0.25) is 5.91 Å². The summed E-state index contributed by atoms with van der Waals surface area (Å²) in [4.78, 5) is 20.5. The molecule has 1 aromatic carbocycles. The molecule has 1 saturated heterocycles. The number of carbonyl (C=O) groups excluding carboxylic acids is 1. The normalized spacial score (nSPS) is 15.3. The Morgan fingerprint density at radius 1 is 1.00 bits per heavy atom. The lowest BCUT2D eigenvalue weighted by molar-refractivity contribution is -0.126. The molecule has 1 amide bonds. The van der Waals surface area contributed by atoms with E-state index in [9.17, 15) is 4.79 Å². The van der Waals surface area contributed by atoms with Gasteiger partial charge >= 0.3 is 0 Å². The molecule has 1 aliphatic heterocycles. The molecule has 22 heavy (non-hydrogen) atoms. The van der Waals surface area contributed by atoms with Gasteiger partial charge in [0, 0.05) is 50.3 Å². The lowest BCUT2D eigenvalue weighted by Gasteiger charge is -2.35. The zero-order valence-electron chi connectivity index (χ0n) is 12.4. The summed E-state index contributed by atoms with van der Waals surface area (Å²) in [6.45, 7) is 3.25. The first kappa shape index (κ1) is 14.3. The molecule has 0 bridgehead atoms. The first-order chi connectivity index (χ1) is 10.8. The van der Waals surface area contributed by atoms with E-state index in [2.05, 4.69) is 22.0 Å². The standard InChI is InChI=1S/C18H19N3O/c22-18(9-8-16-5-4-10-19-15-16)21-13-11-20(12-14-21)17-6-2-1-3-7-17/h1-10,15H,11-14H2/b9-8+. The molecule has 4 heteroatoms. The third kappa shape index (κ3) is 3.52. The second-order valence-corrected chi connectivity index (χ2v) is 5.27. The fourth-order valence-corrected chi connectivity index (χ4v) is 2.57. The Labute approximate surface area is 130 Å². The molecular weight excluding hydrogens is 274 g/mol. The Bertz CT molecular complexity index is 632. The van der Waals surface area contributed by atoms with Crippen LogP contribution in [0, 0.1) is 0 Å². The molecule has 112 valence electrons. The van der Waals surface area contributed by atoms with Gasteiger partial charge in [0.25, 0.3) is 0 Å². The minimum Gasteiger partial charge on any atom is -0.368 e. The van der Waals surface area contributed by atoms with Crippen LogP contribution in [0.25, 0.3) is 6.08 Å². The van der Waals surface area contributed by atoms with Gasteiger partial charge < -0.3 is 9.80 Å². The summed E-state index contributed by atoms with van der Waals surface area (Å²) in [6.07, 6.45) is 6.92. The largest absolute Gasteiger partial charge is 0.368 e. The molecule has 3 rings (SSSR count). The van der Waals surface area contributed by atoms with Crippen molar-refractivity contribution in [1.29, 1.82) is 0 Å². The highest BCUT2D eigenvalue weighted by atomic mass is 16.2. The molecular formula is C18H19N3O. The van der Waals surface area contributed by atoms with Gasteiger partial charge in [-0.25, -0.2) is 0 Å². The zero-order chi connectivity index (χ0) is 15.2. The molecule has 0 N–H and O–H groups in total. The van der Waals surface area contributed by atoms with E-state index in [0.29, 0.717) is 0 Å². The Kier molecular flexibility index (Phi) is 4.49. The van der Waals surface area contributed by atoms with Crippen LogP contribution in [0.1, 0.15) is 5.56 Å². The van der Waals surface area contributed by atoms with Crippen LogP contribution in [0.2, 0.25) is 0 Å². The third-order valence-corrected chi connectivity index (χ3v) is 3.82. The van der Waals surface area contributed by atoms with Gasteiger partial charge in [-0.1, -0.05) is 24.3 Å². The predicted molar refractivity (Wildman–Crippen MR) is 88.5 cm³/mol. The highest BCUT2D eigenvalue weighted by molar-refractivity contribution is 5.91. The van der Waals surface area contributed by atoms with Crippen LogP contribution >= 0.6 is 0 Å². The van der Waals surface area contributed by atoms with Crippen LogP contribution in [-0.2, 0) is 4.79 Å². The van der Waals surface area contributed by atoms with E-state index in [0.717, 1.165) is 31.7 Å². The molecule has 0 aliphatic carbocycles. The molecule has 0 spiro atoms. The van der Waals surface area contributed by atoms with Gasteiger partial charge in [0.15, 0.2) is 0 Å². The number of rotatable bonds is 3. The molecule has 0 radical (unpaired) electrons. The monoisotopic (exact) mass is 293 g/mol. The van der Waals surface area contributed by atoms with Crippen molar-refractivity contribution in [3.05, 3.63) is 66.5 Å². The van der Waals surface area contributed by atoms with E-state index in [1.165, 1.54) is 5.69 Å². The summed E-state index contributed by atoms with van der Waals surface area (Å²) < 4.78 is 0. The smallest absolute Gasteiger partial charge is 0.246 e. The van der Waals surface area contributed by atoms with Gasteiger partial charge in [-0.3, -0.25) is 9.78 Å². The van der Waals surface area contributed by atoms with Crippen molar-refractivity contribution in [2.24, 2.45) is 0 Å². The molecule has 1 aliphatic rings. The topological polar surface area (TPSA) is 36.4 Å². The molecule has 0 unspecified atom stereocenters. The lowest BCUT2D eigenvalue weighted by atomic mass is 10.2. The average molecular weight is 293 g/mol. The van der Waals surface area contributed by atoms with Gasteiger partial charge in [-0.05, 0) is 29.8 Å². The first-order valence-electron chi connectivity index (χ1n) is 7.50. The zero-order valence-corrected chi connectivity index (χ0v) is 12.4. The maximum Gasteiger partial charge on any atom is 0.246 e. The number of benzene rings is 1. The van der Waals surface area contributed by atoms with E-state index >= 15 is 0 Å². The number of anilines is 1. The number of amides is 1. The van der Waals surface area contributed by atoms with Crippen molar-refractivity contribution in [1.82, 2.24) is 9.88 Å². The predicted octanol–water partition coefficient (Wildman–Crippen LogP) is 2.44. The molecule has 0 atom stereocenters. The van der Waals surface area contributed by atoms with Crippen LogP contribution in [-0.4, -0.2) is 42.0 Å². The number of hydrogen-bond acceptors (Lipinski definition) is 3. The van der Waals surface area contributed by atoms with Crippen molar-refractivity contribution in [2.45, 2.75) is 0 Å². The van der Waals surface area contributed by atoms with Gasteiger partial charge in [-0.2, -0.15) is 0 Å². The number of pyridine rings is 1. The van der Waals surface area contributed by atoms with E-state index in [1.54, 1.807) is 18.5 Å². The number of hydrogen-bond donors (Lipinski definition) is 0. The molecule has 1 fully saturated rings. The van der Waals surface area contributed by atoms with Crippen LogP contribution in [0.15, 0.2) is 60.9 Å². The number of carbonyl (C=O) groups is 1. The molecule has 1 aromatic heterocycles. The van der Waals surface area contributed by atoms with Crippen LogP contribution < -0.4 is 4.90 Å². The van der Waals surface area contributed by atoms with E-state index in [1.807, 2.05) is 41.3 Å². The quantitative estimate of drug-likeness (QED) is 0.816. The van der Waals surface area contributed by atoms with E-state index in [4.69, 9.17) is 0 Å². The van der Waals surface area contributed by atoms with Crippen LogP contribution in [0.5, 0.6) is 0 Å². The van der Waals surface area contributed by atoms with Crippen molar-refractivity contribution in [2.75, 3.05) is 31.1 Å². The second kappa shape index (κ2) is 6.89. The fraction of sp³-hybridized carbons (Fsp3) is 0.222. The maximum absolute atomic E-state index is 12.2. The van der Waals surface area contributed by atoms with Crippen LogP contribution in [0.4, 0.5) is 5.69 Å². The first-order valence-corrected chi connectivity index (χ1v) is 7.50. The Morgan fingerprint density at radius 3 is 2.45 bits per heavy atom. The molecule has 0 saturated carbocycles. The molecule has 2 heterocycles. The average Bonchev–Trinajstić information content (AvgIpc) is 2.61. The fourth-order valence-electron chi connectivity index (χ4n) is 2.57. The highest BCUT2D eigenvalue weighted by Crippen LogP contribution is 2.15. The van der Waals surface area contributed by atoms with Crippen molar-refractivity contribution < 1.29 is 4.79 Å². The van der Waals surface area contributed by atoms with E-state index < -0.39 is 0 Å². The van der Waals surface area contributed by atoms with Crippen molar-refractivity contribution >= 4 is 17.7 Å². The third-order valence-electron chi connectivity index (χ3n) is 3.82. The Hall–Kier alpha value is -2.62. The summed E-state index contributed by atoms with van der Waals surface area (Å²) in [5, 5.41) is 0. The summed E-state index contributed by atoms with van der Waals surface area (Å²) >= 11 is 0. The maximum atomic E-state index is 12.2. The lowest BCUT2D eigenvalue weighted by Crippen LogP contribution is -2.48. The summed E-state index contributed by atoms with van der Waals surface area (Å²) in [5.74, 6) is 0.0663. The molecule has 4 nitrogen and oxygen atoms in total. The highest BCUT2D eigenvalue weighted by Gasteiger charge is 2.19. The summed E-state index contributed by atoms with van der Waals surface area (Å²) in [6, 6.07) is 14.1. The minimum atomic E-state index is 0.0663. The second-order valence-electron chi connectivity index (χ2n) is 5.27. The minimum absolute atomic E-state index is 0.0663. The SMILES string of the molecule is O=C(/C=C/c1cccnc1)N1CCN(c2ccccc2)CC1. The van der Waals surface area contributed by atoms with Gasteiger partial charge in [-0.15, -0.1) is 0 Å². The molecule has 2 aromatic rings. The number of aromatic nitrogens is 1. The number of nitrogens with zero attached hydrogens (tertiary/aromatic N) is 3. The van der Waals surface area contributed by atoms with Gasteiger partial charge in [0.1, 0.15) is 0 Å². The Morgan fingerprint density at radius 2 is 1.77 bits per heavy atom. The van der Waals surface area contributed by atoms with Crippen molar-refractivity contribution in [3.8, 4) is 0 Å². The van der Waals surface area contributed by atoms with E-state index in [-0.39, 0.29) is 5.91 Å².